The molecule has 4 nitrogen and oxygen atoms in total. The highest BCUT2D eigenvalue weighted by atomic mass is 16.3. The van der Waals surface area contributed by atoms with E-state index in [-0.39, 0.29) is 17.3 Å². The van der Waals surface area contributed by atoms with E-state index in [1.54, 1.807) is 12.1 Å². The summed E-state index contributed by atoms with van der Waals surface area (Å²) in [5.41, 5.74) is 8.93. The second kappa shape index (κ2) is 16.9. The molecule has 1 aliphatic carbocycles. The van der Waals surface area contributed by atoms with Gasteiger partial charge in [0.1, 0.15) is 5.75 Å². The van der Waals surface area contributed by atoms with E-state index in [1.807, 2.05) is 30.3 Å². The fourth-order valence-corrected chi connectivity index (χ4v) is 5.70. The highest BCUT2D eigenvalue weighted by Gasteiger charge is 2.19. The van der Waals surface area contributed by atoms with Crippen molar-refractivity contribution in [2.24, 2.45) is 0 Å². The molecule has 0 spiro atoms. The van der Waals surface area contributed by atoms with Gasteiger partial charge in [-0.3, -0.25) is 0 Å². The number of rotatable bonds is 9. The third-order valence-corrected chi connectivity index (χ3v) is 7.98. The highest BCUT2D eigenvalue weighted by Crippen LogP contribution is 2.37. The molecule has 6 rings (SSSR count). The van der Waals surface area contributed by atoms with Gasteiger partial charge in [-0.2, -0.15) is 0 Å². The molecular weight excluding hydrogens is 564 g/mol. The monoisotopic (exact) mass is 610 g/mol. The minimum Gasteiger partial charge on any atom is -0.508 e. The zero-order valence-electron chi connectivity index (χ0n) is 27.2. The van der Waals surface area contributed by atoms with Crippen molar-refractivity contribution < 1.29 is 10.6 Å². The van der Waals surface area contributed by atoms with Crippen molar-refractivity contribution >= 4 is 28.4 Å². The van der Waals surface area contributed by atoms with Crippen LogP contribution in [-0.4, -0.2) is 16.6 Å². The molecule has 0 saturated heterocycles. The number of phenols is 1. The fourth-order valence-electron chi connectivity index (χ4n) is 5.70. The van der Waals surface area contributed by atoms with Gasteiger partial charge in [-0.15, -0.1) is 0 Å². The smallest absolute Gasteiger partial charge is 0.117 e. The largest absolute Gasteiger partial charge is 0.508 e. The first-order valence-electron chi connectivity index (χ1n) is 16.1. The van der Waals surface area contributed by atoms with E-state index in [0.717, 1.165) is 29.0 Å². The van der Waals surface area contributed by atoms with Gasteiger partial charge < -0.3 is 20.4 Å². The third kappa shape index (κ3) is 8.56. The van der Waals surface area contributed by atoms with E-state index in [2.05, 4.69) is 140 Å². The molecule has 5 aromatic rings. The molecule has 0 saturated carbocycles. The lowest BCUT2D eigenvalue weighted by Crippen LogP contribution is -2.29. The minimum atomic E-state index is 0. The van der Waals surface area contributed by atoms with E-state index < -0.39 is 0 Å². The summed E-state index contributed by atoms with van der Waals surface area (Å²) in [5.74, 6) is 0.245. The maximum atomic E-state index is 10.1. The maximum Gasteiger partial charge on any atom is 0.117 e. The van der Waals surface area contributed by atoms with Crippen molar-refractivity contribution in [2.45, 2.75) is 52.5 Å². The Labute approximate surface area is 274 Å². The molecule has 0 radical (unpaired) electrons. The number of nitrogens with zero attached hydrogens (tertiary/aromatic N) is 2. The predicted molar refractivity (Wildman–Crippen MR) is 197 cm³/mol. The van der Waals surface area contributed by atoms with Gasteiger partial charge in [0.25, 0.3) is 0 Å². The number of benzene rings is 5. The molecule has 4 heteroatoms. The van der Waals surface area contributed by atoms with Crippen LogP contribution in [0.3, 0.4) is 0 Å². The summed E-state index contributed by atoms with van der Waals surface area (Å²) in [7, 11) is 0. The number of aromatic hydroxyl groups is 1. The van der Waals surface area contributed by atoms with Crippen LogP contribution < -0.4 is 9.80 Å². The first kappa shape index (κ1) is 33.8. The number of phenolic OH excluding ortho intramolecular Hbond substituents is 1. The topological polar surface area (TPSA) is 58.2 Å². The third-order valence-electron chi connectivity index (χ3n) is 7.98. The first-order chi connectivity index (χ1) is 22.1. The van der Waals surface area contributed by atoms with Crippen molar-refractivity contribution in [1.82, 2.24) is 0 Å². The Morgan fingerprint density at radius 3 is 1.76 bits per heavy atom. The van der Waals surface area contributed by atoms with E-state index in [0.29, 0.717) is 0 Å². The van der Waals surface area contributed by atoms with E-state index in [4.69, 9.17) is 0 Å². The van der Waals surface area contributed by atoms with Crippen LogP contribution in [0.4, 0.5) is 28.4 Å². The summed E-state index contributed by atoms with van der Waals surface area (Å²) >= 11 is 0. The van der Waals surface area contributed by atoms with Crippen LogP contribution in [0.2, 0.25) is 0 Å². The quantitative estimate of drug-likeness (QED) is 0.181. The Morgan fingerprint density at radius 2 is 1.20 bits per heavy atom. The van der Waals surface area contributed by atoms with Crippen LogP contribution in [0.15, 0.2) is 152 Å². The zero-order chi connectivity index (χ0) is 31.4. The van der Waals surface area contributed by atoms with Gasteiger partial charge in [-0.1, -0.05) is 118 Å². The second-order valence-corrected chi connectivity index (χ2v) is 11.5. The summed E-state index contributed by atoms with van der Waals surface area (Å²) in [5, 5.41) is 10.1. The summed E-state index contributed by atoms with van der Waals surface area (Å²) in [6.45, 7) is 6.57. The number of hydrogen-bond acceptors (Lipinski definition) is 3. The summed E-state index contributed by atoms with van der Waals surface area (Å²) < 4.78 is 0. The first-order valence-corrected chi connectivity index (χ1v) is 16.1. The Bertz CT molecular complexity index is 1690. The van der Waals surface area contributed by atoms with Crippen LogP contribution >= 0.6 is 0 Å². The highest BCUT2D eigenvalue weighted by molar-refractivity contribution is 5.79. The van der Waals surface area contributed by atoms with Crippen molar-refractivity contribution in [3.63, 3.8) is 0 Å². The molecule has 5 aromatic carbocycles. The standard InChI is InChI=1S/C37H32N2O.C5H12.H2O/c1-28-10-8-15-35(26-28)38(31-11-4-2-5-12-31)33-22-18-29(19-23-33)30-20-24-34(25-21-30)39(32-13-6-3-7-14-32)36-16-9-17-37(40)27-36;1-3-5-4-2;/h2-11,13-27,31,40H,12H2,1H3;3-5H2,1-2H3;1H2. The SMILES string of the molecule is CCCCC.Cc1cccc(N(c2ccc(-c3ccc(N(c4ccccc4)c4cccc(O)c4)cc3)cc2)C2C=CC=CC2)c1.O. The van der Waals surface area contributed by atoms with Gasteiger partial charge >= 0.3 is 0 Å². The maximum absolute atomic E-state index is 10.1. The molecule has 1 atom stereocenters. The summed E-state index contributed by atoms with van der Waals surface area (Å²) in [4.78, 5) is 4.57. The normalized spacial score (nSPS) is 13.2. The van der Waals surface area contributed by atoms with Crippen LogP contribution in [0, 0.1) is 6.92 Å². The molecule has 0 aromatic heterocycles. The Balaban J connectivity index is 0.000000745. The lowest BCUT2D eigenvalue weighted by molar-refractivity contribution is 0.475. The second-order valence-electron chi connectivity index (χ2n) is 11.5. The number of anilines is 5. The molecule has 0 heterocycles. The Morgan fingerprint density at radius 1 is 0.609 bits per heavy atom. The molecule has 3 N–H and O–H groups in total. The lowest BCUT2D eigenvalue weighted by atomic mass is 10.0. The molecular formula is C42H46N2O2. The predicted octanol–water partition coefficient (Wildman–Crippen LogP) is 11.2. The van der Waals surface area contributed by atoms with Gasteiger partial charge in [0, 0.05) is 34.5 Å². The Kier molecular flexibility index (Phi) is 12.4. The molecule has 1 unspecified atom stereocenters. The molecule has 236 valence electrons. The number of hydrogen-bond donors (Lipinski definition) is 1. The number of unbranched alkanes of at least 4 members (excludes halogenated alkanes) is 2. The van der Waals surface area contributed by atoms with Gasteiger partial charge in [-0.25, -0.2) is 0 Å². The zero-order valence-corrected chi connectivity index (χ0v) is 27.2. The van der Waals surface area contributed by atoms with Crippen molar-refractivity contribution in [3.05, 3.63) is 157 Å². The van der Waals surface area contributed by atoms with E-state index in [9.17, 15) is 5.11 Å². The minimum absolute atomic E-state index is 0. The lowest BCUT2D eigenvalue weighted by Gasteiger charge is -2.33. The van der Waals surface area contributed by atoms with Crippen LogP contribution in [0.1, 0.15) is 45.1 Å². The van der Waals surface area contributed by atoms with Crippen LogP contribution in [-0.2, 0) is 0 Å². The van der Waals surface area contributed by atoms with Crippen LogP contribution in [0.25, 0.3) is 11.1 Å². The molecule has 0 aliphatic heterocycles. The summed E-state index contributed by atoms with van der Waals surface area (Å²) in [6.07, 6.45) is 13.8. The van der Waals surface area contributed by atoms with E-state index in [1.165, 1.54) is 41.8 Å². The number of para-hydroxylation sites is 1. The average molecular weight is 611 g/mol. The van der Waals surface area contributed by atoms with Crippen molar-refractivity contribution in [3.8, 4) is 16.9 Å². The molecule has 0 bridgehead atoms. The van der Waals surface area contributed by atoms with Crippen molar-refractivity contribution in [2.75, 3.05) is 9.80 Å². The van der Waals surface area contributed by atoms with Gasteiger partial charge in [0.2, 0.25) is 0 Å². The van der Waals surface area contributed by atoms with Gasteiger partial charge in [0.05, 0.1) is 6.04 Å². The van der Waals surface area contributed by atoms with Gasteiger partial charge in [0.15, 0.2) is 0 Å². The molecule has 1 aliphatic rings. The summed E-state index contributed by atoms with van der Waals surface area (Å²) in [6, 6.07) is 44.0. The van der Waals surface area contributed by atoms with Crippen molar-refractivity contribution in [1.29, 1.82) is 0 Å². The molecule has 0 fully saturated rings. The van der Waals surface area contributed by atoms with E-state index >= 15 is 0 Å². The number of allylic oxidation sites excluding steroid dienone is 2. The molecule has 46 heavy (non-hydrogen) atoms. The Hall–Kier alpha value is -5.06. The van der Waals surface area contributed by atoms with Crippen LogP contribution in [0.5, 0.6) is 5.75 Å². The van der Waals surface area contributed by atoms with Gasteiger partial charge in [-0.05, 0) is 90.7 Å². The molecule has 0 amide bonds. The average Bonchev–Trinajstić information content (AvgIpc) is 3.08. The fraction of sp³-hybridized carbons (Fsp3) is 0.190. The number of aryl methyl sites for hydroxylation is 1.